The van der Waals surface area contributed by atoms with Crippen LogP contribution in [0.5, 0.6) is 0 Å². The SMILES string of the molecule is Cc1c(C(=O)O)ccc2cnc3cccc(-c4ccccc4)c3c12. The molecule has 1 N–H and O–H groups in total. The molecule has 0 aliphatic carbocycles. The summed E-state index contributed by atoms with van der Waals surface area (Å²) in [6.45, 7) is 1.87. The fraction of sp³-hybridized carbons (Fsp3) is 0.0476. The number of aromatic nitrogens is 1. The number of carbonyl (C=O) groups is 1. The van der Waals surface area contributed by atoms with Gasteiger partial charge in [0.15, 0.2) is 0 Å². The predicted molar refractivity (Wildman–Crippen MR) is 96.4 cm³/mol. The number of aromatic carboxylic acids is 1. The van der Waals surface area contributed by atoms with E-state index in [1.54, 1.807) is 6.07 Å². The molecular weight excluding hydrogens is 298 g/mol. The summed E-state index contributed by atoms with van der Waals surface area (Å²) in [5, 5.41) is 12.4. The molecule has 3 nitrogen and oxygen atoms in total. The molecule has 0 saturated heterocycles. The second-order valence-corrected chi connectivity index (χ2v) is 5.83. The standard InChI is InChI=1S/C21H15NO2/c1-13-16(21(23)24)11-10-15-12-22-18-9-5-8-17(20(18)19(13)15)14-6-3-2-4-7-14/h2-12H,1H3,(H,23,24). The third-order valence-electron chi connectivity index (χ3n) is 4.45. The van der Waals surface area contributed by atoms with Gasteiger partial charge in [0.2, 0.25) is 0 Å². The molecule has 4 aromatic rings. The quantitative estimate of drug-likeness (QED) is 0.526. The number of carboxylic acids is 1. The van der Waals surface area contributed by atoms with E-state index in [2.05, 4.69) is 23.2 Å². The summed E-state index contributed by atoms with van der Waals surface area (Å²) in [5.74, 6) is -0.906. The van der Waals surface area contributed by atoms with Crippen LogP contribution in [-0.4, -0.2) is 16.1 Å². The van der Waals surface area contributed by atoms with Crippen molar-refractivity contribution < 1.29 is 9.90 Å². The monoisotopic (exact) mass is 313 g/mol. The number of fused-ring (bicyclic) bond motifs is 3. The molecule has 116 valence electrons. The maximum atomic E-state index is 11.5. The van der Waals surface area contributed by atoms with Crippen LogP contribution in [0.1, 0.15) is 15.9 Å². The molecule has 0 unspecified atom stereocenters. The lowest BCUT2D eigenvalue weighted by Crippen LogP contribution is -2.00. The van der Waals surface area contributed by atoms with Gasteiger partial charge in [-0.3, -0.25) is 4.98 Å². The molecule has 0 amide bonds. The Morgan fingerprint density at radius 1 is 0.917 bits per heavy atom. The average molecular weight is 313 g/mol. The Labute approximate surface area is 139 Å². The molecule has 1 heterocycles. The maximum Gasteiger partial charge on any atom is 0.335 e. The van der Waals surface area contributed by atoms with E-state index in [4.69, 9.17) is 0 Å². The topological polar surface area (TPSA) is 50.2 Å². The largest absolute Gasteiger partial charge is 0.478 e. The van der Waals surface area contributed by atoms with Crippen LogP contribution in [-0.2, 0) is 0 Å². The molecule has 4 rings (SSSR count). The summed E-state index contributed by atoms with van der Waals surface area (Å²) in [4.78, 5) is 16.1. The lowest BCUT2D eigenvalue weighted by molar-refractivity contribution is 0.0696. The average Bonchev–Trinajstić information content (AvgIpc) is 2.61. The molecule has 0 fully saturated rings. The third kappa shape index (κ3) is 2.14. The van der Waals surface area contributed by atoms with Crippen LogP contribution in [0.25, 0.3) is 32.8 Å². The van der Waals surface area contributed by atoms with Crippen LogP contribution >= 0.6 is 0 Å². The molecule has 0 spiro atoms. The van der Waals surface area contributed by atoms with E-state index >= 15 is 0 Å². The maximum absolute atomic E-state index is 11.5. The van der Waals surface area contributed by atoms with Gasteiger partial charge in [-0.1, -0.05) is 48.5 Å². The molecule has 24 heavy (non-hydrogen) atoms. The van der Waals surface area contributed by atoms with Gasteiger partial charge >= 0.3 is 5.97 Å². The van der Waals surface area contributed by atoms with Gasteiger partial charge in [0.05, 0.1) is 11.1 Å². The number of carboxylic acid groups (broad SMARTS) is 1. The first-order valence-electron chi connectivity index (χ1n) is 7.76. The third-order valence-corrected chi connectivity index (χ3v) is 4.45. The van der Waals surface area contributed by atoms with E-state index in [1.807, 2.05) is 49.5 Å². The van der Waals surface area contributed by atoms with Crippen molar-refractivity contribution in [2.24, 2.45) is 0 Å². The van der Waals surface area contributed by atoms with Crippen molar-refractivity contribution in [3.8, 4) is 11.1 Å². The minimum Gasteiger partial charge on any atom is -0.478 e. The van der Waals surface area contributed by atoms with E-state index in [0.717, 1.165) is 38.4 Å². The summed E-state index contributed by atoms with van der Waals surface area (Å²) < 4.78 is 0. The Hall–Kier alpha value is -3.20. The van der Waals surface area contributed by atoms with Crippen molar-refractivity contribution in [3.63, 3.8) is 0 Å². The minimum absolute atomic E-state index is 0.331. The fourth-order valence-electron chi connectivity index (χ4n) is 3.31. The highest BCUT2D eigenvalue weighted by Crippen LogP contribution is 2.35. The van der Waals surface area contributed by atoms with E-state index in [-0.39, 0.29) is 0 Å². The highest BCUT2D eigenvalue weighted by molar-refractivity contribution is 6.15. The molecule has 3 heteroatoms. The zero-order valence-corrected chi connectivity index (χ0v) is 13.2. The Bertz CT molecular complexity index is 1090. The van der Waals surface area contributed by atoms with E-state index < -0.39 is 5.97 Å². The molecule has 0 aliphatic rings. The Morgan fingerprint density at radius 2 is 1.71 bits per heavy atom. The van der Waals surface area contributed by atoms with E-state index in [0.29, 0.717) is 5.56 Å². The van der Waals surface area contributed by atoms with Crippen LogP contribution in [0, 0.1) is 6.92 Å². The Kier molecular flexibility index (Phi) is 3.28. The normalized spacial score (nSPS) is 11.0. The number of hydrogen-bond donors (Lipinski definition) is 1. The first-order chi connectivity index (χ1) is 11.7. The number of nitrogens with zero attached hydrogens (tertiary/aromatic N) is 1. The molecule has 1 aromatic heterocycles. The van der Waals surface area contributed by atoms with Gasteiger partial charge in [-0.25, -0.2) is 4.79 Å². The molecule has 0 radical (unpaired) electrons. The van der Waals surface area contributed by atoms with Crippen molar-refractivity contribution in [1.29, 1.82) is 0 Å². The summed E-state index contributed by atoms with van der Waals surface area (Å²) in [6.07, 6.45) is 1.81. The van der Waals surface area contributed by atoms with Gasteiger partial charge in [0.1, 0.15) is 0 Å². The lowest BCUT2D eigenvalue weighted by atomic mass is 9.92. The zero-order chi connectivity index (χ0) is 16.7. The number of benzene rings is 3. The van der Waals surface area contributed by atoms with Gasteiger partial charge in [0.25, 0.3) is 0 Å². The Balaban J connectivity index is 2.21. The van der Waals surface area contributed by atoms with Crippen molar-refractivity contribution in [2.45, 2.75) is 6.92 Å². The number of pyridine rings is 1. The number of hydrogen-bond acceptors (Lipinski definition) is 2. The van der Waals surface area contributed by atoms with Gasteiger partial charge in [-0.2, -0.15) is 0 Å². The van der Waals surface area contributed by atoms with Gasteiger partial charge in [-0.15, -0.1) is 0 Å². The van der Waals surface area contributed by atoms with Gasteiger partial charge in [-0.05, 0) is 41.1 Å². The van der Waals surface area contributed by atoms with E-state index in [1.165, 1.54) is 0 Å². The summed E-state index contributed by atoms with van der Waals surface area (Å²) in [6, 6.07) is 19.6. The summed E-state index contributed by atoms with van der Waals surface area (Å²) in [7, 11) is 0. The molecule has 3 aromatic carbocycles. The van der Waals surface area contributed by atoms with Crippen LogP contribution in [0.15, 0.2) is 66.9 Å². The molecule has 0 aliphatic heterocycles. The minimum atomic E-state index is -0.906. The highest BCUT2D eigenvalue weighted by Gasteiger charge is 2.15. The number of rotatable bonds is 2. The van der Waals surface area contributed by atoms with Crippen molar-refractivity contribution in [3.05, 3.63) is 78.0 Å². The highest BCUT2D eigenvalue weighted by atomic mass is 16.4. The molecule has 0 atom stereocenters. The van der Waals surface area contributed by atoms with Crippen LogP contribution in [0.2, 0.25) is 0 Å². The van der Waals surface area contributed by atoms with Crippen molar-refractivity contribution in [2.75, 3.05) is 0 Å². The van der Waals surface area contributed by atoms with Crippen LogP contribution in [0.3, 0.4) is 0 Å². The summed E-state index contributed by atoms with van der Waals surface area (Å²) >= 11 is 0. The van der Waals surface area contributed by atoms with Crippen LogP contribution in [0.4, 0.5) is 0 Å². The molecule has 0 saturated carbocycles. The van der Waals surface area contributed by atoms with Gasteiger partial charge < -0.3 is 5.11 Å². The summed E-state index contributed by atoms with van der Waals surface area (Å²) in [5.41, 5.74) is 4.14. The smallest absolute Gasteiger partial charge is 0.335 e. The molecular formula is C21H15NO2. The second kappa shape index (κ2) is 5.46. The van der Waals surface area contributed by atoms with E-state index in [9.17, 15) is 9.90 Å². The lowest BCUT2D eigenvalue weighted by Gasteiger charge is -2.13. The van der Waals surface area contributed by atoms with Crippen molar-refractivity contribution >= 4 is 27.6 Å². The molecule has 0 bridgehead atoms. The fourth-order valence-corrected chi connectivity index (χ4v) is 3.31. The van der Waals surface area contributed by atoms with Crippen molar-refractivity contribution in [1.82, 2.24) is 4.98 Å². The first kappa shape index (κ1) is 14.4. The predicted octanol–water partition coefficient (Wildman–Crippen LogP) is 5.06. The zero-order valence-electron chi connectivity index (χ0n) is 13.2. The van der Waals surface area contributed by atoms with Crippen LogP contribution < -0.4 is 0 Å². The van der Waals surface area contributed by atoms with Gasteiger partial charge in [0, 0.05) is 17.0 Å². The number of aryl methyl sites for hydroxylation is 1. The first-order valence-corrected chi connectivity index (χ1v) is 7.76. The Morgan fingerprint density at radius 3 is 2.46 bits per heavy atom. The second-order valence-electron chi connectivity index (χ2n) is 5.83.